The van der Waals surface area contributed by atoms with Crippen molar-refractivity contribution in [3.05, 3.63) is 35.9 Å². The van der Waals surface area contributed by atoms with Crippen molar-refractivity contribution in [3.8, 4) is 0 Å². The van der Waals surface area contributed by atoms with Crippen LogP contribution in [0.25, 0.3) is 10.9 Å². The Morgan fingerprint density at radius 2 is 1.95 bits per heavy atom. The van der Waals surface area contributed by atoms with Gasteiger partial charge in [0.2, 0.25) is 0 Å². The third-order valence-electron chi connectivity index (χ3n) is 2.78. The lowest BCUT2D eigenvalue weighted by Crippen LogP contribution is -2.32. The van der Waals surface area contributed by atoms with E-state index in [9.17, 15) is 13.2 Å². The molecule has 0 saturated heterocycles. The minimum atomic E-state index is -4.27. The molecule has 0 atom stereocenters. The zero-order chi connectivity index (χ0) is 14.0. The van der Waals surface area contributed by atoms with Crippen LogP contribution >= 0.6 is 0 Å². The van der Waals surface area contributed by atoms with Crippen LogP contribution in [0.1, 0.15) is 5.56 Å². The van der Waals surface area contributed by atoms with Gasteiger partial charge in [0.25, 0.3) is 0 Å². The third kappa shape index (κ3) is 3.14. The Kier molecular flexibility index (Phi) is 3.61. The fraction of sp³-hybridized carbons (Fsp3) is 0.308. The average Bonchev–Trinajstić information content (AvgIpc) is 2.35. The van der Waals surface area contributed by atoms with Crippen molar-refractivity contribution in [3.63, 3.8) is 0 Å². The number of alkyl halides is 3. The number of anilines is 1. The van der Waals surface area contributed by atoms with Crippen molar-refractivity contribution >= 4 is 16.7 Å². The molecule has 0 aliphatic rings. The number of rotatable bonds is 3. The lowest BCUT2D eigenvalue weighted by atomic mass is 10.1. The summed E-state index contributed by atoms with van der Waals surface area (Å²) in [4.78, 5) is 5.35. The standard InChI is InChI=1S/C13H14F3N3/c1-19(8-13(14,15)16)12-10(7-17)6-9-4-2-3-5-11(9)18-12/h2-6H,7-8,17H2,1H3. The molecule has 0 bridgehead atoms. The highest BCUT2D eigenvalue weighted by molar-refractivity contribution is 5.81. The van der Waals surface area contributed by atoms with E-state index in [2.05, 4.69) is 4.98 Å². The molecule has 0 radical (unpaired) electrons. The normalized spacial score (nSPS) is 11.8. The third-order valence-corrected chi connectivity index (χ3v) is 2.78. The largest absolute Gasteiger partial charge is 0.405 e. The van der Waals surface area contributed by atoms with Crippen LogP contribution in [0.5, 0.6) is 0 Å². The molecule has 0 unspecified atom stereocenters. The lowest BCUT2D eigenvalue weighted by Gasteiger charge is -2.22. The van der Waals surface area contributed by atoms with E-state index >= 15 is 0 Å². The molecule has 0 aliphatic heterocycles. The van der Waals surface area contributed by atoms with Gasteiger partial charge in [-0.25, -0.2) is 4.98 Å². The second-order valence-electron chi connectivity index (χ2n) is 4.34. The lowest BCUT2D eigenvalue weighted by molar-refractivity contribution is -0.119. The first-order valence-electron chi connectivity index (χ1n) is 5.77. The van der Waals surface area contributed by atoms with Gasteiger partial charge in [-0.3, -0.25) is 0 Å². The number of hydrogen-bond acceptors (Lipinski definition) is 3. The number of para-hydroxylation sites is 1. The first kappa shape index (κ1) is 13.6. The highest BCUT2D eigenvalue weighted by atomic mass is 19.4. The summed E-state index contributed by atoms with van der Waals surface area (Å²) >= 11 is 0. The van der Waals surface area contributed by atoms with Crippen molar-refractivity contribution < 1.29 is 13.2 Å². The predicted octanol–water partition coefficient (Wildman–Crippen LogP) is 2.69. The molecule has 2 aromatic rings. The maximum atomic E-state index is 12.4. The summed E-state index contributed by atoms with van der Waals surface area (Å²) in [5.41, 5.74) is 6.85. The van der Waals surface area contributed by atoms with Gasteiger partial charge in [0.05, 0.1) is 5.52 Å². The van der Waals surface area contributed by atoms with Crippen molar-refractivity contribution in [1.29, 1.82) is 0 Å². The van der Waals surface area contributed by atoms with E-state index in [0.29, 0.717) is 11.1 Å². The Hall–Kier alpha value is -1.82. The Labute approximate surface area is 108 Å². The highest BCUT2D eigenvalue weighted by Gasteiger charge is 2.30. The SMILES string of the molecule is CN(CC(F)(F)F)c1nc2ccccc2cc1CN. The second-order valence-corrected chi connectivity index (χ2v) is 4.34. The van der Waals surface area contributed by atoms with Crippen LogP contribution in [0.4, 0.5) is 19.0 Å². The zero-order valence-corrected chi connectivity index (χ0v) is 10.4. The summed E-state index contributed by atoms with van der Waals surface area (Å²) < 4.78 is 37.3. The van der Waals surface area contributed by atoms with Crippen molar-refractivity contribution in [1.82, 2.24) is 4.98 Å². The molecule has 102 valence electrons. The molecule has 1 heterocycles. The summed E-state index contributed by atoms with van der Waals surface area (Å²) in [6.45, 7) is -0.902. The number of nitrogens with zero attached hydrogens (tertiary/aromatic N) is 2. The zero-order valence-electron chi connectivity index (χ0n) is 10.4. The molecular weight excluding hydrogens is 255 g/mol. The number of aromatic nitrogens is 1. The van der Waals surface area contributed by atoms with Crippen molar-refractivity contribution in [2.45, 2.75) is 12.7 Å². The fourth-order valence-corrected chi connectivity index (χ4v) is 1.97. The van der Waals surface area contributed by atoms with E-state index in [1.165, 1.54) is 7.05 Å². The number of benzene rings is 1. The van der Waals surface area contributed by atoms with Crippen LogP contribution < -0.4 is 10.6 Å². The summed E-state index contributed by atoms with van der Waals surface area (Å²) in [6, 6.07) is 9.05. The van der Waals surface area contributed by atoms with Gasteiger partial charge < -0.3 is 10.6 Å². The number of fused-ring (bicyclic) bond motifs is 1. The Morgan fingerprint density at radius 1 is 1.26 bits per heavy atom. The monoisotopic (exact) mass is 269 g/mol. The Balaban J connectivity index is 2.46. The molecule has 0 spiro atoms. The van der Waals surface area contributed by atoms with Crippen LogP contribution in [0, 0.1) is 0 Å². The van der Waals surface area contributed by atoms with E-state index in [1.54, 1.807) is 18.2 Å². The fourth-order valence-electron chi connectivity index (χ4n) is 1.97. The molecule has 3 nitrogen and oxygen atoms in total. The van der Waals surface area contributed by atoms with Crippen LogP contribution in [0.2, 0.25) is 0 Å². The van der Waals surface area contributed by atoms with Crippen molar-refractivity contribution in [2.24, 2.45) is 5.73 Å². The highest BCUT2D eigenvalue weighted by Crippen LogP contribution is 2.25. The van der Waals surface area contributed by atoms with E-state index < -0.39 is 12.7 Å². The van der Waals surface area contributed by atoms with Crippen LogP contribution in [-0.4, -0.2) is 24.8 Å². The maximum Gasteiger partial charge on any atom is 0.405 e. The van der Waals surface area contributed by atoms with E-state index in [4.69, 9.17) is 5.73 Å². The van der Waals surface area contributed by atoms with Crippen LogP contribution in [0.15, 0.2) is 30.3 Å². The maximum absolute atomic E-state index is 12.4. The van der Waals surface area contributed by atoms with Gasteiger partial charge in [0.15, 0.2) is 0 Å². The van der Waals surface area contributed by atoms with Gasteiger partial charge in [-0.1, -0.05) is 18.2 Å². The summed E-state index contributed by atoms with van der Waals surface area (Å²) in [6.07, 6.45) is -4.27. The molecule has 0 amide bonds. The molecule has 2 N–H and O–H groups in total. The molecular formula is C13H14F3N3. The molecule has 0 fully saturated rings. The summed E-state index contributed by atoms with van der Waals surface area (Å²) in [5.74, 6) is 0.276. The number of pyridine rings is 1. The van der Waals surface area contributed by atoms with E-state index in [0.717, 1.165) is 10.3 Å². The van der Waals surface area contributed by atoms with Crippen molar-refractivity contribution in [2.75, 3.05) is 18.5 Å². The number of nitrogens with two attached hydrogens (primary N) is 1. The van der Waals surface area contributed by atoms with Gasteiger partial charge in [0.1, 0.15) is 12.4 Å². The van der Waals surface area contributed by atoms with Gasteiger partial charge >= 0.3 is 6.18 Å². The number of halogens is 3. The number of hydrogen-bond donors (Lipinski definition) is 1. The molecule has 2 rings (SSSR count). The van der Waals surface area contributed by atoms with Gasteiger partial charge in [-0.05, 0) is 12.1 Å². The van der Waals surface area contributed by atoms with Crippen LogP contribution in [0.3, 0.4) is 0 Å². The average molecular weight is 269 g/mol. The second kappa shape index (κ2) is 5.05. The molecule has 0 saturated carbocycles. The molecule has 1 aromatic carbocycles. The summed E-state index contributed by atoms with van der Waals surface area (Å²) in [5, 5.41) is 0.868. The predicted molar refractivity (Wildman–Crippen MR) is 69.0 cm³/mol. The molecule has 0 aliphatic carbocycles. The smallest absolute Gasteiger partial charge is 0.350 e. The molecule has 19 heavy (non-hydrogen) atoms. The topological polar surface area (TPSA) is 42.2 Å². The summed E-state index contributed by atoms with van der Waals surface area (Å²) in [7, 11) is 1.36. The Bertz CT molecular complexity index is 581. The van der Waals surface area contributed by atoms with Gasteiger partial charge in [-0.15, -0.1) is 0 Å². The Morgan fingerprint density at radius 3 is 2.58 bits per heavy atom. The van der Waals surface area contributed by atoms with E-state index in [-0.39, 0.29) is 12.4 Å². The quantitative estimate of drug-likeness (QED) is 0.931. The first-order valence-corrected chi connectivity index (χ1v) is 5.77. The van der Waals surface area contributed by atoms with Gasteiger partial charge in [0, 0.05) is 24.5 Å². The van der Waals surface area contributed by atoms with Crippen LogP contribution in [-0.2, 0) is 6.54 Å². The minimum Gasteiger partial charge on any atom is -0.350 e. The van der Waals surface area contributed by atoms with E-state index in [1.807, 2.05) is 12.1 Å². The van der Waals surface area contributed by atoms with Gasteiger partial charge in [-0.2, -0.15) is 13.2 Å². The molecule has 1 aromatic heterocycles. The minimum absolute atomic E-state index is 0.148. The first-order chi connectivity index (χ1) is 8.90. The molecule has 6 heteroatoms.